The Morgan fingerprint density at radius 2 is 2.06 bits per heavy atom. The Hall–Kier alpha value is -3.24. The van der Waals surface area contributed by atoms with E-state index < -0.39 is 6.04 Å². The Morgan fingerprint density at radius 1 is 1.25 bits per heavy atom. The molecule has 9 nitrogen and oxygen atoms in total. The van der Waals surface area contributed by atoms with Crippen molar-refractivity contribution in [3.63, 3.8) is 0 Å². The van der Waals surface area contributed by atoms with E-state index in [0.29, 0.717) is 47.6 Å². The molecule has 0 bridgehead atoms. The van der Waals surface area contributed by atoms with Gasteiger partial charge in [-0.15, -0.1) is 11.3 Å². The second-order valence-corrected chi connectivity index (χ2v) is 10.7. The highest BCUT2D eigenvalue weighted by Crippen LogP contribution is 2.29. The Labute approximate surface area is 215 Å². The van der Waals surface area contributed by atoms with Crippen LogP contribution in [0.5, 0.6) is 0 Å². The van der Waals surface area contributed by atoms with Gasteiger partial charge in [-0.2, -0.15) is 0 Å². The molecule has 2 aliphatic rings. The largest absolute Gasteiger partial charge is 0.398 e. The molecule has 2 atom stereocenters. The minimum Gasteiger partial charge on any atom is -0.398 e. The van der Waals surface area contributed by atoms with Gasteiger partial charge in [0.1, 0.15) is 6.04 Å². The lowest BCUT2D eigenvalue weighted by Gasteiger charge is -2.30. The molecule has 1 unspecified atom stereocenters. The summed E-state index contributed by atoms with van der Waals surface area (Å²) in [6.45, 7) is 4.76. The van der Waals surface area contributed by atoms with Crippen LogP contribution in [0.4, 0.5) is 5.69 Å². The van der Waals surface area contributed by atoms with Crippen LogP contribution in [0.15, 0.2) is 24.3 Å². The average molecular weight is 511 g/mol. The van der Waals surface area contributed by atoms with Gasteiger partial charge in [0.05, 0.1) is 4.88 Å². The first-order valence-corrected chi connectivity index (χ1v) is 13.2. The molecule has 36 heavy (non-hydrogen) atoms. The molecule has 1 saturated heterocycles. The van der Waals surface area contributed by atoms with Crippen LogP contribution in [0, 0.1) is 5.41 Å². The number of carbonyl (C=O) groups excluding carboxylic acids is 3. The molecule has 0 saturated carbocycles. The zero-order valence-electron chi connectivity index (χ0n) is 20.8. The van der Waals surface area contributed by atoms with E-state index in [4.69, 9.17) is 11.1 Å². The number of likely N-dealkylation sites (tertiary alicyclic amines) is 1. The Morgan fingerprint density at radius 3 is 2.78 bits per heavy atom. The van der Waals surface area contributed by atoms with Crippen molar-refractivity contribution in [2.24, 2.45) is 0 Å². The first-order valence-electron chi connectivity index (χ1n) is 12.4. The zero-order chi connectivity index (χ0) is 25.8. The molecule has 1 fully saturated rings. The third-order valence-electron chi connectivity index (χ3n) is 6.88. The minimum atomic E-state index is -0.662. The number of benzene rings is 1. The average Bonchev–Trinajstić information content (AvgIpc) is 3.31. The summed E-state index contributed by atoms with van der Waals surface area (Å²) < 4.78 is 0. The summed E-state index contributed by atoms with van der Waals surface area (Å²) in [5, 5.41) is 13.4. The molecule has 1 aromatic heterocycles. The molecule has 10 heteroatoms. The summed E-state index contributed by atoms with van der Waals surface area (Å²) in [4.78, 5) is 44.8. The number of nitrogens with two attached hydrogens (primary N) is 1. The third kappa shape index (κ3) is 5.76. The van der Waals surface area contributed by atoms with E-state index in [1.54, 1.807) is 23.1 Å². The second-order valence-electron chi connectivity index (χ2n) is 9.57. The summed E-state index contributed by atoms with van der Waals surface area (Å²) in [5.74, 6) is -0.556. The smallest absolute Gasteiger partial charge is 0.261 e. The first-order chi connectivity index (χ1) is 17.3. The van der Waals surface area contributed by atoms with E-state index in [1.807, 2.05) is 13.0 Å². The van der Waals surface area contributed by atoms with Crippen molar-refractivity contribution in [3.05, 3.63) is 50.7 Å². The number of hydrogen-bond acceptors (Lipinski definition) is 7. The van der Waals surface area contributed by atoms with E-state index in [1.165, 1.54) is 11.3 Å². The van der Waals surface area contributed by atoms with E-state index in [9.17, 15) is 14.4 Å². The van der Waals surface area contributed by atoms with Crippen LogP contribution in [-0.4, -0.2) is 72.5 Å². The van der Waals surface area contributed by atoms with Crippen LogP contribution in [0.1, 0.15) is 62.2 Å². The summed E-state index contributed by atoms with van der Waals surface area (Å²) in [6.07, 6.45) is 4.32. The Bertz CT molecular complexity index is 1160. The fraction of sp³-hybridized carbons (Fsp3) is 0.462. The molecule has 5 N–H and O–H groups in total. The molecule has 3 heterocycles. The maximum absolute atomic E-state index is 13.3. The highest BCUT2D eigenvalue weighted by Gasteiger charge is 2.30. The van der Waals surface area contributed by atoms with Gasteiger partial charge in [-0.3, -0.25) is 14.4 Å². The van der Waals surface area contributed by atoms with Gasteiger partial charge < -0.3 is 31.6 Å². The number of fused-ring (bicyclic) bond motifs is 1. The summed E-state index contributed by atoms with van der Waals surface area (Å²) >= 11 is 1.51. The molecule has 1 aromatic carbocycles. The van der Waals surface area contributed by atoms with Gasteiger partial charge in [0.15, 0.2) is 0 Å². The van der Waals surface area contributed by atoms with E-state index in [-0.39, 0.29) is 23.8 Å². The molecule has 0 aliphatic carbocycles. The summed E-state index contributed by atoms with van der Waals surface area (Å²) in [6, 6.07) is 6.13. The molecule has 2 aliphatic heterocycles. The molecule has 192 valence electrons. The number of nitrogens with one attached hydrogen (secondary N) is 3. The molecule has 4 rings (SSSR count). The van der Waals surface area contributed by atoms with Crippen LogP contribution in [-0.2, 0) is 17.8 Å². The number of piperidine rings is 1. The van der Waals surface area contributed by atoms with E-state index >= 15 is 0 Å². The number of hydrogen-bond donors (Lipinski definition) is 4. The van der Waals surface area contributed by atoms with Crippen LogP contribution in [0.3, 0.4) is 0 Å². The summed E-state index contributed by atoms with van der Waals surface area (Å²) in [5.41, 5.74) is 8.05. The fourth-order valence-corrected chi connectivity index (χ4v) is 5.88. The van der Waals surface area contributed by atoms with Crippen LogP contribution in [0.25, 0.3) is 0 Å². The normalized spacial score (nSPS) is 18.7. The number of anilines is 1. The SMILES string of the molecule is CC[C@@H](NC(=O)c1ccc(N)c(C=N)c1)C(=O)N1CCc2sc(C(=O)NC3CCCN(C)C3)cc2C1. The van der Waals surface area contributed by atoms with Gasteiger partial charge in [-0.25, -0.2) is 0 Å². The van der Waals surface area contributed by atoms with Crippen molar-refractivity contribution in [1.82, 2.24) is 20.4 Å². The number of nitrogen functional groups attached to an aromatic ring is 1. The standard InChI is InChI=1S/C26H34N6O3S/c1-3-21(30-24(33)16-6-7-20(28)17(11-16)13-27)26(35)32-10-8-22-18(14-32)12-23(36-22)25(34)29-19-5-4-9-31(2)15-19/h6-7,11-13,19,21,27H,3-5,8-10,14-15,28H2,1-2H3,(H,29,34)(H,30,33)/t19?,21-/m1/s1. The maximum Gasteiger partial charge on any atom is 0.261 e. The van der Waals surface area contributed by atoms with E-state index in [0.717, 1.165) is 42.6 Å². The number of amides is 3. The van der Waals surface area contributed by atoms with Crippen LogP contribution >= 0.6 is 11.3 Å². The van der Waals surface area contributed by atoms with Gasteiger partial charge in [-0.05, 0) is 69.1 Å². The van der Waals surface area contributed by atoms with Gasteiger partial charge >= 0.3 is 0 Å². The van der Waals surface area contributed by atoms with Crippen LogP contribution < -0.4 is 16.4 Å². The molecule has 0 spiro atoms. The fourth-order valence-electron chi connectivity index (χ4n) is 4.82. The van der Waals surface area contributed by atoms with Crippen molar-refractivity contribution in [1.29, 1.82) is 5.41 Å². The number of carbonyl (C=O) groups is 3. The predicted octanol–water partition coefficient (Wildman–Crippen LogP) is 2.25. The third-order valence-corrected chi connectivity index (χ3v) is 8.11. The molecule has 0 radical (unpaired) electrons. The molecular weight excluding hydrogens is 476 g/mol. The van der Waals surface area contributed by atoms with Gasteiger partial charge in [0.2, 0.25) is 5.91 Å². The lowest BCUT2D eigenvalue weighted by Crippen LogP contribution is -2.49. The lowest BCUT2D eigenvalue weighted by atomic mass is 10.1. The zero-order valence-corrected chi connectivity index (χ0v) is 21.6. The lowest BCUT2D eigenvalue weighted by molar-refractivity contribution is -0.134. The first kappa shape index (κ1) is 25.8. The topological polar surface area (TPSA) is 132 Å². The van der Waals surface area contributed by atoms with Crippen LogP contribution in [0.2, 0.25) is 0 Å². The highest BCUT2D eigenvalue weighted by molar-refractivity contribution is 7.14. The van der Waals surface area contributed by atoms with Gasteiger partial charge in [-0.1, -0.05) is 6.92 Å². The number of thiophene rings is 1. The predicted molar refractivity (Wildman–Crippen MR) is 142 cm³/mol. The monoisotopic (exact) mass is 510 g/mol. The van der Waals surface area contributed by atoms with Crippen molar-refractivity contribution < 1.29 is 14.4 Å². The number of likely N-dealkylation sites (N-methyl/N-ethyl adjacent to an activating group) is 1. The molecule has 3 amide bonds. The molecular formula is C26H34N6O3S. The van der Waals surface area contributed by atoms with Gasteiger partial charge in [0.25, 0.3) is 11.8 Å². The quantitative estimate of drug-likeness (QED) is 0.335. The van der Waals surface area contributed by atoms with Crippen molar-refractivity contribution in [2.45, 2.75) is 51.2 Å². The Balaban J connectivity index is 1.38. The second kappa shape index (κ2) is 11.2. The van der Waals surface area contributed by atoms with Crippen molar-refractivity contribution >= 4 is 41.0 Å². The number of nitrogens with zero attached hydrogens (tertiary/aromatic N) is 2. The Kier molecular flexibility index (Phi) is 8.05. The maximum atomic E-state index is 13.3. The van der Waals surface area contributed by atoms with Gasteiger partial charge in [0, 0.05) is 53.6 Å². The summed E-state index contributed by atoms with van der Waals surface area (Å²) in [7, 11) is 2.07. The van der Waals surface area contributed by atoms with Crippen molar-refractivity contribution in [3.8, 4) is 0 Å². The van der Waals surface area contributed by atoms with E-state index in [2.05, 4.69) is 22.6 Å². The minimum absolute atomic E-state index is 0.0425. The number of rotatable bonds is 7. The molecule has 2 aromatic rings. The van der Waals surface area contributed by atoms with Crippen molar-refractivity contribution in [2.75, 3.05) is 32.4 Å². The highest BCUT2D eigenvalue weighted by atomic mass is 32.1.